The fourth-order valence-corrected chi connectivity index (χ4v) is 7.07. The summed E-state index contributed by atoms with van der Waals surface area (Å²) in [4.78, 5) is 29.9. The maximum absolute atomic E-state index is 13.7. The Balaban J connectivity index is 1.17. The summed E-state index contributed by atoms with van der Waals surface area (Å²) in [6, 6.07) is 12.7. The van der Waals surface area contributed by atoms with Gasteiger partial charge in [0.1, 0.15) is 11.6 Å². The highest BCUT2D eigenvalue weighted by atomic mass is 32.2. The van der Waals surface area contributed by atoms with Gasteiger partial charge in [-0.1, -0.05) is 0 Å². The predicted octanol–water partition coefficient (Wildman–Crippen LogP) is 4.63. The maximum Gasteiger partial charge on any atom is 0.256 e. The number of nitrogens with one attached hydrogen (secondary N) is 2. The van der Waals surface area contributed by atoms with E-state index in [0.717, 1.165) is 51.2 Å². The van der Waals surface area contributed by atoms with Crippen molar-refractivity contribution in [2.45, 2.75) is 41.5 Å². The Morgan fingerprint density at radius 2 is 1.57 bits per heavy atom. The Kier molecular flexibility index (Phi) is 7.50. The number of carbonyl (C=O) groups is 2. The molecule has 2 amide bonds. The van der Waals surface area contributed by atoms with Crippen molar-refractivity contribution in [2.24, 2.45) is 0 Å². The zero-order valence-electron chi connectivity index (χ0n) is 22.6. The van der Waals surface area contributed by atoms with Crippen LogP contribution in [0.2, 0.25) is 0 Å². The molecule has 9 nitrogen and oxygen atoms in total. The number of sulfone groups is 1. The minimum absolute atomic E-state index is 0.0473. The number of hydrogen-bond acceptors (Lipinski definition) is 6. The highest BCUT2D eigenvalue weighted by Crippen LogP contribution is 2.29. The largest absolute Gasteiger partial charge is 0.334 e. The first-order chi connectivity index (χ1) is 20.2. The van der Waals surface area contributed by atoms with Crippen molar-refractivity contribution in [3.05, 3.63) is 83.4 Å². The first-order valence-electron chi connectivity index (χ1n) is 13.8. The quantitative estimate of drug-likeness (QED) is 0.323. The zero-order chi connectivity index (χ0) is 29.4. The fourth-order valence-electron chi connectivity index (χ4n) is 5.74. The van der Waals surface area contributed by atoms with Crippen LogP contribution in [0.3, 0.4) is 0 Å². The van der Waals surface area contributed by atoms with Crippen LogP contribution >= 0.6 is 0 Å². The molecule has 0 saturated carbocycles. The molecule has 1 atom stereocenters. The van der Waals surface area contributed by atoms with Gasteiger partial charge in [-0.05, 0) is 93.4 Å². The second-order valence-corrected chi connectivity index (χ2v) is 12.7. The molecule has 0 aliphatic carbocycles. The zero-order valence-corrected chi connectivity index (χ0v) is 23.5. The number of carbonyl (C=O) groups excluding carboxylic acids is 2. The van der Waals surface area contributed by atoms with Crippen LogP contribution in [0.25, 0.3) is 10.9 Å². The Labute approximate surface area is 241 Å². The number of likely N-dealkylation sites (tertiary alicyclic amines) is 2. The number of benzene rings is 3. The van der Waals surface area contributed by atoms with E-state index in [0.29, 0.717) is 22.5 Å². The van der Waals surface area contributed by atoms with Crippen molar-refractivity contribution < 1.29 is 26.8 Å². The minimum atomic E-state index is -4.25. The number of fused-ring (bicyclic) bond motifs is 1. The summed E-state index contributed by atoms with van der Waals surface area (Å²) in [6.07, 6.45) is 4.37. The van der Waals surface area contributed by atoms with E-state index in [1.165, 1.54) is 31.0 Å². The summed E-state index contributed by atoms with van der Waals surface area (Å²) in [5, 5.41) is 9.80. The number of rotatable bonds is 7. The van der Waals surface area contributed by atoms with E-state index in [-0.39, 0.29) is 28.2 Å². The lowest BCUT2D eigenvalue weighted by atomic mass is 10.1. The van der Waals surface area contributed by atoms with Gasteiger partial charge in [-0.25, -0.2) is 17.2 Å². The molecule has 0 unspecified atom stereocenters. The molecule has 0 bridgehead atoms. The molecule has 2 saturated heterocycles. The number of halogens is 2. The molecule has 4 aromatic rings. The summed E-state index contributed by atoms with van der Waals surface area (Å²) < 4.78 is 53.5. The molecule has 6 rings (SSSR count). The summed E-state index contributed by atoms with van der Waals surface area (Å²) in [5.41, 5.74) is 1.25. The average molecular weight is 594 g/mol. The van der Waals surface area contributed by atoms with E-state index >= 15 is 0 Å². The van der Waals surface area contributed by atoms with Crippen molar-refractivity contribution >= 4 is 38.4 Å². The van der Waals surface area contributed by atoms with E-state index in [9.17, 15) is 26.8 Å². The van der Waals surface area contributed by atoms with Crippen molar-refractivity contribution in [3.63, 3.8) is 0 Å². The number of anilines is 1. The third-order valence-electron chi connectivity index (χ3n) is 7.92. The lowest BCUT2D eigenvalue weighted by Crippen LogP contribution is -2.42. The normalized spacial score (nSPS) is 17.7. The van der Waals surface area contributed by atoms with E-state index in [4.69, 9.17) is 0 Å². The molecule has 1 aromatic heterocycles. The van der Waals surface area contributed by atoms with Gasteiger partial charge in [0.15, 0.2) is 5.82 Å². The fraction of sp³-hybridized carbons (Fsp3) is 0.300. The lowest BCUT2D eigenvalue weighted by molar-refractivity contribution is 0.0708. The van der Waals surface area contributed by atoms with Crippen LogP contribution in [0.1, 0.15) is 46.4 Å². The van der Waals surface area contributed by atoms with Crippen molar-refractivity contribution in [3.8, 4) is 0 Å². The monoisotopic (exact) mass is 593 g/mol. The minimum Gasteiger partial charge on any atom is -0.334 e. The van der Waals surface area contributed by atoms with Crippen molar-refractivity contribution in [2.75, 3.05) is 31.5 Å². The second-order valence-electron chi connectivity index (χ2n) is 10.7. The third kappa shape index (κ3) is 5.51. The molecule has 2 aliphatic rings. The summed E-state index contributed by atoms with van der Waals surface area (Å²) in [5.74, 6) is -2.49. The van der Waals surface area contributed by atoms with Gasteiger partial charge < -0.3 is 15.1 Å². The smallest absolute Gasteiger partial charge is 0.256 e. The van der Waals surface area contributed by atoms with E-state index in [1.54, 1.807) is 24.3 Å². The molecule has 42 heavy (non-hydrogen) atoms. The summed E-state index contributed by atoms with van der Waals surface area (Å²) in [7, 11) is -4.25. The van der Waals surface area contributed by atoms with Crippen molar-refractivity contribution in [1.29, 1.82) is 0 Å². The van der Waals surface area contributed by atoms with Crippen LogP contribution in [0.5, 0.6) is 0 Å². The van der Waals surface area contributed by atoms with Crippen LogP contribution in [-0.4, -0.2) is 72.5 Å². The van der Waals surface area contributed by atoms with Gasteiger partial charge in [0, 0.05) is 41.7 Å². The van der Waals surface area contributed by atoms with Crippen LogP contribution in [0, 0.1) is 11.6 Å². The van der Waals surface area contributed by atoms with E-state index in [2.05, 4.69) is 20.4 Å². The predicted molar refractivity (Wildman–Crippen MR) is 152 cm³/mol. The molecule has 2 N–H and O–H groups in total. The molecule has 3 aromatic carbocycles. The molecular formula is C30H29F2N5O4S. The first kappa shape index (κ1) is 28.0. The van der Waals surface area contributed by atoms with Crippen molar-refractivity contribution in [1.82, 2.24) is 20.0 Å². The molecule has 0 spiro atoms. The number of aromatic amines is 1. The average Bonchev–Trinajstić information content (AvgIpc) is 3.74. The molecular weight excluding hydrogens is 564 g/mol. The number of nitrogens with zero attached hydrogens (tertiary/aromatic N) is 3. The Morgan fingerprint density at radius 1 is 0.881 bits per heavy atom. The molecule has 2 aliphatic heterocycles. The van der Waals surface area contributed by atoms with Gasteiger partial charge in [0.25, 0.3) is 11.8 Å². The standard InChI is InChI=1S/C30H29F2N5O4S/c31-21-14-22(32)16-25(15-21)42(40,41)24-9-10-27-26(17-24)28(35-34-27)33-29(38)19-5-7-20(8-6-19)30(39)37-13-3-4-23(37)18-36-11-1-2-12-36/h5-10,14-17,23H,1-4,11-13,18H2,(H2,33,34,35,38)/t23-/m0/s1. The Hall–Kier alpha value is -4.16. The van der Waals surface area contributed by atoms with Gasteiger partial charge in [0.2, 0.25) is 9.84 Å². The molecule has 218 valence electrons. The lowest BCUT2D eigenvalue weighted by Gasteiger charge is -2.28. The van der Waals surface area contributed by atoms with Gasteiger partial charge >= 0.3 is 0 Å². The first-order valence-corrected chi connectivity index (χ1v) is 15.3. The Bertz CT molecular complexity index is 1750. The third-order valence-corrected chi connectivity index (χ3v) is 9.65. The molecule has 2 fully saturated rings. The number of hydrogen-bond donors (Lipinski definition) is 2. The van der Waals surface area contributed by atoms with E-state index < -0.39 is 32.3 Å². The van der Waals surface area contributed by atoms with E-state index in [1.807, 2.05) is 4.90 Å². The Morgan fingerprint density at radius 3 is 2.29 bits per heavy atom. The van der Waals surface area contributed by atoms with Gasteiger partial charge in [-0.3, -0.25) is 14.7 Å². The highest BCUT2D eigenvalue weighted by molar-refractivity contribution is 7.91. The summed E-state index contributed by atoms with van der Waals surface area (Å²) in [6.45, 7) is 3.78. The second kappa shape index (κ2) is 11.3. The summed E-state index contributed by atoms with van der Waals surface area (Å²) >= 11 is 0. The topological polar surface area (TPSA) is 115 Å². The highest BCUT2D eigenvalue weighted by Gasteiger charge is 2.31. The number of H-pyrrole nitrogens is 1. The van der Waals surface area contributed by atoms with Crippen LogP contribution in [-0.2, 0) is 9.84 Å². The van der Waals surface area contributed by atoms with Crippen LogP contribution in [0.4, 0.5) is 14.6 Å². The van der Waals surface area contributed by atoms with Crippen LogP contribution < -0.4 is 5.32 Å². The van der Waals surface area contributed by atoms with Gasteiger partial charge in [-0.2, -0.15) is 5.10 Å². The molecule has 12 heteroatoms. The molecule has 0 radical (unpaired) electrons. The molecule has 3 heterocycles. The SMILES string of the molecule is O=C(Nc1n[nH]c2ccc(S(=O)(=O)c3cc(F)cc(F)c3)cc12)c1ccc(C(=O)N2CCC[C@H]2CN2CCCC2)cc1. The van der Waals surface area contributed by atoms with Crippen LogP contribution in [0.15, 0.2) is 70.5 Å². The maximum atomic E-state index is 13.7. The van der Waals surface area contributed by atoms with Gasteiger partial charge in [0.05, 0.1) is 15.3 Å². The number of amides is 2. The van der Waals surface area contributed by atoms with Gasteiger partial charge in [-0.15, -0.1) is 0 Å². The number of aromatic nitrogens is 2.